The van der Waals surface area contributed by atoms with Gasteiger partial charge in [0, 0.05) is 48.5 Å². The Morgan fingerprint density at radius 2 is 1.12 bits per heavy atom. The zero-order valence-corrected chi connectivity index (χ0v) is 8.93. The minimum atomic E-state index is 0.492. The highest BCUT2D eigenvalue weighted by Gasteiger charge is 2.45. The van der Waals surface area contributed by atoms with Gasteiger partial charge in [-0.1, -0.05) is 0 Å². The second-order valence-electron chi connectivity index (χ2n) is 5.37. The van der Waals surface area contributed by atoms with Crippen LogP contribution in [0.2, 0.25) is 0 Å². The fraction of sp³-hybridized carbons (Fsp3) is 0.667. The first kappa shape index (κ1) is 7.87. The Labute approximate surface area is 93.3 Å². The summed E-state index contributed by atoms with van der Waals surface area (Å²) in [5, 5.41) is 0. The molecule has 5 rings (SSSR count). The Balaban J connectivity index is 1.34. The molecule has 4 heteroatoms. The molecule has 0 aromatic carbocycles. The van der Waals surface area contributed by atoms with E-state index >= 15 is 0 Å². The summed E-state index contributed by atoms with van der Waals surface area (Å²) >= 11 is 0. The lowest BCUT2D eigenvalue weighted by Crippen LogP contribution is -2.14. The smallest absolute Gasteiger partial charge is 0.0933 e. The quantitative estimate of drug-likeness (QED) is 0.571. The van der Waals surface area contributed by atoms with Gasteiger partial charge in [-0.3, -0.25) is 20.0 Å². The van der Waals surface area contributed by atoms with Gasteiger partial charge < -0.3 is 0 Å². The molecule has 4 atom stereocenters. The van der Waals surface area contributed by atoms with Crippen LogP contribution in [0.15, 0.2) is 20.0 Å². The van der Waals surface area contributed by atoms with Gasteiger partial charge in [0.05, 0.1) is 24.2 Å². The van der Waals surface area contributed by atoms with Crippen LogP contribution >= 0.6 is 0 Å². The highest BCUT2D eigenvalue weighted by atomic mass is 15.1. The highest BCUT2D eigenvalue weighted by Crippen LogP contribution is 2.36. The van der Waals surface area contributed by atoms with Crippen molar-refractivity contribution in [3.63, 3.8) is 0 Å². The number of hydrogen-bond acceptors (Lipinski definition) is 4. The van der Waals surface area contributed by atoms with E-state index < -0.39 is 0 Å². The minimum absolute atomic E-state index is 0.492. The minimum Gasteiger partial charge on any atom is -0.282 e. The monoisotopic (exact) mass is 212 g/mol. The Bertz CT molecular complexity index is 479. The average Bonchev–Trinajstić information content (AvgIpc) is 3.01. The van der Waals surface area contributed by atoms with Crippen LogP contribution in [0.25, 0.3) is 0 Å². The van der Waals surface area contributed by atoms with Gasteiger partial charge in [-0.25, -0.2) is 0 Å². The van der Waals surface area contributed by atoms with Gasteiger partial charge >= 0.3 is 0 Å². The lowest BCUT2D eigenvalue weighted by atomic mass is 10.0. The maximum Gasteiger partial charge on any atom is 0.0933 e. The fourth-order valence-electron chi connectivity index (χ4n) is 2.85. The number of hydrogen-bond donors (Lipinski definition) is 0. The lowest BCUT2D eigenvalue weighted by Gasteiger charge is -1.98. The molecule has 1 aliphatic carbocycles. The van der Waals surface area contributed by atoms with Crippen molar-refractivity contribution in [3.8, 4) is 0 Å². The molecule has 4 nitrogen and oxygen atoms in total. The third kappa shape index (κ3) is 1.16. The van der Waals surface area contributed by atoms with Crippen molar-refractivity contribution in [2.75, 3.05) is 0 Å². The molecule has 0 aromatic heterocycles. The molecule has 0 bridgehead atoms. The van der Waals surface area contributed by atoms with Crippen LogP contribution in [-0.4, -0.2) is 47.0 Å². The van der Waals surface area contributed by atoms with E-state index in [-0.39, 0.29) is 0 Å². The first-order valence-electron chi connectivity index (χ1n) is 6.13. The van der Waals surface area contributed by atoms with Crippen molar-refractivity contribution in [2.24, 2.45) is 20.0 Å². The number of fused-ring (bicyclic) bond motifs is 4. The van der Waals surface area contributed by atoms with Crippen LogP contribution in [-0.2, 0) is 0 Å². The van der Waals surface area contributed by atoms with E-state index in [0.717, 1.165) is 25.7 Å². The highest BCUT2D eigenvalue weighted by molar-refractivity contribution is 6.21. The summed E-state index contributed by atoms with van der Waals surface area (Å²) in [5.74, 6) is 0. The molecule has 4 aliphatic heterocycles. The summed E-state index contributed by atoms with van der Waals surface area (Å²) in [6, 6.07) is 2.02. The summed E-state index contributed by atoms with van der Waals surface area (Å²) in [4.78, 5) is 18.1. The number of rotatable bonds is 0. The lowest BCUT2D eigenvalue weighted by molar-refractivity contribution is 0.813. The SMILES string of the molecule is C1C2=NC2CC2=NC2CC2N=C2CC2N=C12. The topological polar surface area (TPSA) is 49.4 Å². The molecule has 16 heavy (non-hydrogen) atoms. The molecule has 80 valence electrons. The third-order valence-electron chi connectivity index (χ3n) is 4.17. The fourth-order valence-corrected chi connectivity index (χ4v) is 2.85. The molecule has 1 fully saturated rings. The van der Waals surface area contributed by atoms with Gasteiger partial charge in [-0.05, 0) is 0 Å². The first-order chi connectivity index (χ1) is 7.87. The molecular formula is C12H12N4. The molecule has 4 unspecified atom stereocenters. The summed E-state index contributed by atoms with van der Waals surface area (Å²) in [5.41, 5.74) is 5.51. The molecule has 0 aromatic rings. The van der Waals surface area contributed by atoms with Crippen molar-refractivity contribution >= 4 is 22.8 Å². The number of nitrogens with zero attached hydrogens (tertiary/aromatic N) is 4. The molecule has 1 saturated carbocycles. The van der Waals surface area contributed by atoms with E-state index in [2.05, 4.69) is 20.0 Å². The van der Waals surface area contributed by atoms with Crippen molar-refractivity contribution in [1.29, 1.82) is 0 Å². The Hall–Kier alpha value is -1.32. The maximum absolute atomic E-state index is 4.54. The molecule has 0 spiro atoms. The molecule has 4 heterocycles. The molecular weight excluding hydrogens is 200 g/mol. The summed E-state index contributed by atoms with van der Waals surface area (Å²) in [7, 11) is 0. The van der Waals surface area contributed by atoms with Gasteiger partial charge in [0.2, 0.25) is 0 Å². The van der Waals surface area contributed by atoms with E-state index in [0.29, 0.717) is 24.2 Å². The van der Waals surface area contributed by atoms with Crippen molar-refractivity contribution in [1.82, 2.24) is 0 Å². The summed E-state index contributed by atoms with van der Waals surface area (Å²) < 4.78 is 0. The maximum atomic E-state index is 4.54. The van der Waals surface area contributed by atoms with E-state index in [1.165, 1.54) is 22.8 Å². The predicted octanol–water partition coefficient (Wildman–Crippen LogP) is 0.853. The van der Waals surface area contributed by atoms with Gasteiger partial charge in [0.15, 0.2) is 0 Å². The molecule has 0 N–H and O–H groups in total. The van der Waals surface area contributed by atoms with Crippen molar-refractivity contribution in [3.05, 3.63) is 0 Å². The van der Waals surface area contributed by atoms with Crippen molar-refractivity contribution in [2.45, 2.75) is 49.9 Å². The van der Waals surface area contributed by atoms with E-state index in [1.807, 2.05) is 0 Å². The standard InChI is InChI=1S/C12H12N4/c1-5-7(13-5)2-9-11(15-9)4-12-10(16-12)3-8-6(1)14-8/h5-6,9-10H,1-4H2. The molecule has 0 saturated heterocycles. The average molecular weight is 212 g/mol. The Kier molecular flexibility index (Phi) is 1.15. The third-order valence-corrected chi connectivity index (χ3v) is 4.17. The molecule has 0 amide bonds. The predicted molar refractivity (Wildman–Crippen MR) is 63.4 cm³/mol. The van der Waals surface area contributed by atoms with Gasteiger partial charge in [0.25, 0.3) is 0 Å². The normalized spacial score (nSPS) is 46.0. The van der Waals surface area contributed by atoms with Gasteiger partial charge in [-0.2, -0.15) is 0 Å². The molecule has 0 radical (unpaired) electrons. The van der Waals surface area contributed by atoms with Crippen LogP contribution in [0, 0.1) is 0 Å². The number of aliphatic imine (C=N–C) groups is 4. The zero-order valence-electron chi connectivity index (χ0n) is 8.93. The second-order valence-corrected chi connectivity index (χ2v) is 5.37. The van der Waals surface area contributed by atoms with Crippen LogP contribution in [0.5, 0.6) is 0 Å². The largest absolute Gasteiger partial charge is 0.282 e. The van der Waals surface area contributed by atoms with Crippen LogP contribution < -0.4 is 0 Å². The Morgan fingerprint density at radius 1 is 0.625 bits per heavy atom. The van der Waals surface area contributed by atoms with Gasteiger partial charge in [0.1, 0.15) is 0 Å². The van der Waals surface area contributed by atoms with Crippen LogP contribution in [0.1, 0.15) is 25.7 Å². The van der Waals surface area contributed by atoms with Gasteiger partial charge in [-0.15, -0.1) is 0 Å². The summed E-state index contributed by atoms with van der Waals surface area (Å²) in [6.45, 7) is 0. The molecule has 5 aliphatic rings. The Morgan fingerprint density at radius 3 is 1.69 bits per heavy atom. The van der Waals surface area contributed by atoms with Crippen LogP contribution in [0.4, 0.5) is 0 Å². The van der Waals surface area contributed by atoms with Crippen molar-refractivity contribution < 1.29 is 0 Å². The van der Waals surface area contributed by atoms with E-state index in [1.54, 1.807) is 0 Å². The second kappa shape index (κ2) is 2.34. The summed E-state index contributed by atoms with van der Waals surface area (Å²) in [6.07, 6.45) is 4.33. The van der Waals surface area contributed by atoms with E-state index in [4.69, 9.17) is 0 Å². The van der Waals surface area contributed by atoms with Crippen LogP contribution in [0.3, 0.4) is 0 Å². The first-order valence-corrected chi connectivity index (χ1v) is 6.13. The zero-order chi connectivity index (χ0) is 10.3. The van der Waals surface area contributed by atoms with E-state index in [9.17, 15) is 0 Å².